The summed E-state index contributed by atoms with van der Waals surface area (Å²) in [6, 6.07) is 0. The van der Waals surface area contributed by atoms with E-state index in [2.05, 4.69) is 36.1 Å². The second-order valence-corrected chi connectivity index (χ2v) is 5.71. The molecule has 0 spiro atoms. The normalized spacial score (nSPS) is 21.2. The Bertz CT molecular complexity index is 248. The molecule has 100 valence electrons. The molecule has 1 fully saturated rings. The lowest BCUT2D eigenvalue weighted by Crippen LogP contribution is -2.45. The second-order valence-electron chi connectivity index (χ2n) is 5.71. The molecule has 3 N–H and O–H groups in total. The van der Waals surface area contributed by atoms with Gasteiger partial charge in [-0.3, -0.25) is 10.4 Å². The number of guanidine groups is 1. The molecular formula is C13H28N4. The van der Waals surface area contributed by atoms with Gasteiger partial charge in [-0.2, -0.15) is 0 Å². The van der Waals surface area contributed by atoms with Crippen LogP contribution < -0.4 is 11.3 Å². The fraction of sp³-hybridized carbons (Fsp3) is 0.923. The summed E-state index contributed by atoms with van der Waals surface area (Å²) < 4.78 is 0. The summed E-state index contributed by atoms with van der Waals surface area (Å²) in [5.41, 5.74) is 3.22. The van der Waals surface area contributed by atoms with Gasteiger partial charge < -0.3 is 4.90 Å². The molecule has 0 amide bonds. The summed E-state index contributed by atoms with van der Waals surface area (Å²) in [5, 5.41) is 0. The predicted molar refractivity (Wildman–Crippen MR) is 73.7 cm³/mol. The van der Waals surface area contributed by atoms with E-state index in [1.165, 1.54) is 25.7 Å². The number of hydrogen-bond acceptors (Lipinski definition) is 2. The lowest BCUT2D eigenvalue weighted by atomic mass is 9.85. The van der Waals surface area contributed by atoms with Gasteiger partial charge in [-0.05, 0) is 31.1 Å². The summed E-state index contributed by atoms with van der Waals surface area (Å²) in [5.74, 6) is 6.45. The van der Waals surface area contributed by atoms with Crippen LogP contribution in [0.25, 0.3) is 0 Å². The van der Waals surface area contributed by atoms with Gasteiger partial charge in [0.2, 0.25) is 5.96 Å². The molecule has 0 aromatic heterocycles. The summed E-state index contributed by atoms with van der Waals surface area (Å²) in [6.45, 7) is 9.87. The highest BCUT2D eigenvalue weighted by Crippen LogP contribution is 2.29. The zero-order valence-corrected chi connectivity index (χ0v) is 11.6. The third-order valence-electron chi connectivity index (χ3n) is 3.54. The standard InChI is InChI=1S/C13H28N4/c1-4-5-9-15-12(16-14)17-10-6-7-13(2,3)8-11-17/h4-11,14H2,1-3H3,(H,15,16). The Hall–Kier alpha value is -0.770. The summed E-state index contributed by atoms with van der Waals surface area (Å²) in [7, 11) is 0. The van der Waals surface area contributed by atoms with E-state index in [9.17, 15) is 0 Å². The highest BCUT2D eigenvalue weighted by Gasteiger charge is 2.24. The van der Waals surface area contributed by atoms with Crippen molar-refractivity contribution in [3.05, 3.63) is 0 Å². The molecule has 1 heterocycles. The highest BCUT2D eigenvalue weighted by atomic mass is 15.4. The minimum Gasteiger partial charge on any atom is -0.342 e. The minimum absolute atomic E-state index is 0.456. The third-order valence-corrected chi connectivity index (χ3v) is 3.54. The Morgan fingerprint density at radius 2 is 2.12 bits per heavy atom. The number of hydrazine groups is 1. The predicted octanol–water partition coefficient (Wildman–Crippen LogP) is 2.12. The molecule has 0 atom stereocenters. The van der Waals surface area contributed by atoms with Gasteiger partial charge in [-0.15, -0.1) is 0 Å². The van der Waals surface area contributed by atoms with Crippen molar-refractivity contribution in [2.45, 2.75) is 52.9 Å². The molecule has 0 radical (unpaired) electrons. The average Bonchev–Trinajstić information content (AvgIpc) is 2.46. The van der Waals surface area contributed by atoms with E-state index in [0.29, 0.717) is 5.41 Å². The fourth-order valence-corrected chi connectivity index (χ4v) is 2.21. The Morgan fingerprint density at radius 3 is 2.76 bits per heavy atom. The SMILES string of the molecule is CCCCN=C(NN)N1CCCC(C)(C)CC1. The van der Waals surface area contributed by atoms with Crippen molar-refractivity contribution in [3.63, 3.8) is 0 Å². The first-order chi connectivity index (χ1) is 8.09. The van der Waals surface area contributed by atoms with E-state index in [1.54, 1.807) is 0 Å². The number of likely N-dealkylation sites (tertiary alicyclic amines) is 1. The lowest BCUT2D eigenvalue weighted by molar-refractivity contribution is 0.312. The molecule has 0 saturated carbocycles. The first-order valence-corrected chi connectivity index (χ1v) is 6.85. The molecule has 0 aromatic rings. The molecule has 4 nitrogen and oxygen atoms in total. The van der Waals surface area contributed by atoms with Crippen LogP contribution >= 0.6 is 0 Å². The van der Waals surface area contributed by atoms with Crippen LogP contribution in [0.2, 0.25) is 0 Å². The van der Waals surface area contributed by atoms with Crippen LogP contribution in [0.4, 0.5) is 0 Å². The average molecular weight is 240 g/mol. The molecule has 0 bridgehead atoms. The smallest absolute Gasteiger partial charge is 0.208 e. The van der Waals surface area contributed by atoms with E-state index in [-0.39, 0.29) is 0 Å². The van der Waals surface area contributed by atoms with Crippen LogP contribution in [0.15, 0.2) is 4.99 Å². The van der Waals surface area contributed by atoms with E-state index in [0.717, 1.165) is 32.0 Å². The van der Waals surface area contributed by atoms with Crippen LogP contribution in [0.3, 0.4) is 0 Å². The van der Waals surface area contributed by atoms with Crippen LogP contribution in [0, 0.1) is 5.41 Å². The van der Waals surface area contributed by atoms with Gasteiger partial charge in [-0.25, -0.2) is 5.84 Å². The van der Waals surface area contributed by atoms with Crippen molar-refractivity contribution >= 4 is 5.96 Å². The molecule has 1 aliphatic rings. The number of aliphatic imine (C=N–C) groups is 1. The maximum atomic E-state index is 5.58. The fourth-order valence-electron chi connectivity index (χ4n) is 2.21. The van der Waals surface area contributed by atoms with Crippen molar-refractivity contribution in [2.24, 2.45) is 16.3 Å². The molecule has 0 unspecified atom stereocenters. The monoisotopic (exact) mass is 240 g/mol. The van der Waals surface area contributed by atoms with Gasteiger partial charge in [0.05, 0.1) is 0 Å². The topological polar surface area (TPSA) is 53.6 Å². The van der Waals surface area contributed by atoms with E-state index >= 15 is 0 Å². The Morgan fingerprint density at radius 1 is 1.35 bits per heavy atom. The first-order valence-electron chi connectivity index (χ1n) is 6.85. The highest BCUT2D eigenvalue weighted by molar-refractivity contribution is 5.79. The maximum absolute atomic E-state index is 5.58. The van der Waals surface area contributed by atoms with Gasteiger partial charge in [-0.1, -0.05) is 27.2 Å². The van der Waals surface area contributed by atoms with Crippen molar-refractivity contribution < 1.29 is 0 Å². The van der Waals surface area contributed by atoms with Gasteiger partial charge in [0.15, 0.2) is 0 Å². The van der Waals surface area contributed by atoms with E-state index in [1.807, 2.05) is 0 Å². The molecule has 4 heteroatoms. The van der Waals surface area contributed by atoms with Crippen molar-refractivity contribution in [3.8, 4) is 0 Å². The molecule has 1 rings (SSSR count). The van der Waals surface area contributed by atoms with Crippen LogP contribution in [-0.4, -0.2) is 30.5 Å². The number of unbranched alkanes of at least 4 members (excludes halogenated alkanes) is 1. The third kappa shape index (κ3) is 4.94. The zero-order chi connectivity index (χ0) is 12.7. The van der Waals surface area contributed by atoms with Gasteiger partial charge in [0.25, 0.3) is 0 Å². The zero-order valence-electron chi connectivity index (χ0n) is 11.6. The van der Waals surface area contributed by atoms with E-state index < -0.39 is 0 Å². The number of nitrogens with zero attached hydrogens (tertiary/aromatic N) is 2. The molecule has 0 aromatic carbocycles. The van der Waals surface area contributed by atoms with Crippen LogP contribution in [0.1, 0.15) is 52.9 Å². The Kier molecular flexibility index (Phi) is 5.75. The lowest BCUT2D eigenvalue weighted by Gasteiger charge is -2.25. The van der Waals surface area contributed by atoms with E-state index in [4.69, 9.17) is 5.84 Å². The number of nitrogens with one attached hydrogen (secondary N) is 1. The van der Waals surface area contributed by atoms with Gasteiger partial charge in [0, 0.05) is 19.6 Å². The summed E-state index contributed by atoms with van der Waals surface area (Å²) in [4.78, 5) is 6.85. The molecule has 1 saturated heterocycles. The minimum atomic E-state index is 0.456. The molecular weight excluding hydrogens is 212 g/mol. The van der Waals surface area contributed by atoms with Gasteiger partial charge in [0.1, 0.15) is 0 Å². The molecule has 0 aliphatic carbocycles. The number of hydrogen-bond donors (Lipinski definition) is 2. The van der Waals surface area contributed by atoms with Crippen LogP contribution in [-0.2, 0) is 0 Å². The van der Waals surface area contributed by atoms with Crippen molar-refractivity contribution in [1.29, 1.82) is 0 Å². The summed E-state index contributed by atoms with van der Waals surface area (Å²) >= 11 is 0. The number of nitrogens with two attached hydrogens (primary N) is 1. The Labute approximate surface area is 106 Å². The Balaban J connectivity index is 2.54. The maximum Gasteiger partial charge on any atom is 0.208 e. The summed E-state index contributed by atoms with van der Waals surface area (Å²) in [6.07, 6.45) is 6.03. The van der Waals surface area contributed by atoms with Crippen LogP contribution in [0.5, 0.6) is 0 Å². The molecule has 1 aliphatic heterocycles. The largest absolute Gasteiger partial charge is 0.342 e. The molecule has 17 heavy (non-hydrogen) atoms. The number of rotatable bonds is 3. The van der Waals surface area contributed by atoms with Crippen molar-refractivity contribution in [1.82, 2.24) is 10.3 Å². The second kappa shape index (κ2) is 6.84. The first kappa shape index (κ1) is 14.3. The van der Waals surface area contributed by atoms with Crippen molar-refractivity contribution in [2.75, 3.05) is 19.6 Å². The van der Waals surface area contributed by atoms with Gasteiger partial charge >= 0.3 is 0 Å². The quantitative estimate of drug-likeness (QED) is 0.261.